The van der Waals surface area contributed by atoms with Gasteiger partial charge in [-0.15, -0.1) is 0 Å². The molecule has 1 atom stereocenters. The van der Waals surface area contributed by atoms with Gasteiger partial charge in [0.05, 0.1) is 6.61 Å². The molecular weight excluding hydrogens is 166 g/mol. The first-order valence-corrected chi connectivity index (χ1v) is 4.78. The van der Waals surface area contributed by atoms with E-state index in [9.17, 15) is 4.79 Å². The van der Waals surface area contributed by atoms with Gasteiger partial charge in [0, 0.05) is 13.1 Å². The van der Waals surface area contributed by atoms with E-state index in [0.717, 1.165) is 26.1 Å². The van der Waals surface area contributed by atoms with E-state index < -0.39 is 0 Å². The summed E-state index contributed by atoms with van der Waals surface area (Å²) in [6.07, 6.45) is 2.19. The molecule has 13 heavy (non-hydrogen) atoms. The van der Waals surface area contributed by atoms with Gasteiger partial charge in [-0.3, -0.25) is 9.69 Å². The molecule has 1 aliphatic heterocycles. The maximum atomic E-state index is 11.2. The van der Waals surface area contributed by atoms with Crippen molar-refractivity contribution in [2.45, 2.75) is 19.4 Å². The number of ketones is 1. The Morgan fingerprint density at radius 2 is 2.54 bits per heavy atom. The Morgan fingerprint density at radius 1 is 1.77 bits per heavy atom. The molecule has 3 nitrogen and oxygen atoms in total. The fourth-order valence-corrected chi connectivity index (χ4v) is 1.53. The molecular formula is C10H17NO2. The van der Waals surface area contributed by atoms with Crippen LogP contribution in [-0.2, 0) is 9.53 Å². The van der Waals surface area contributed by atoms with Crippen molar-refractivity contribution < 1.29 is 9.53 Å². The molecule has 0 aromatic heterocycles. The van der Waals surface area contributed by atoms with E-state index in [1.807, 2.05) is 0 Å². The summed E-state index contributed by atoms with van der Waals surface area (Å²) in [5.74, 6) is 0.000744. The third kappa shape index (κ3) is 2.94. The van der Waals surface area contributed by atoms with E-state index in [4.69, 9.17) is 4.74 Å². The van der Waals surface area contributed by atoms with Crippen molar-refractivity contribution in [3.63, 3.8) is 0 Å². The van der Waals surface area contributed by atoms with Crippen LogP contribution in [0.2, 0.25) is 0 Å². The number of ether oxygens (including phenoxy) is 1. The van der Waals surface area contributed by atoms with Crippen LogP contribution in [0.15, 0.2) is 12.7 Å². The van der Waals surface area contributed by atoms with Gasteiger partial charge < -0.3 is 4.74 Å². The highest BCUT2D eigenvalue weighted by molar-refractivity contribution is 5.93. The van der Waals surface area contributed by atoms with Crippen LogP contribution >= 0.6 is 0 Å². The molecule has 0 radical (unpaired) electrons. The Kier molecular flexibility index (Phi) is 4.12. The van der Waals surface area contributed by atoms with Gasteiger partial charge in [0.25, 0.3) is 0 Å². The highest BCUT2D eigenvalue weighted by Gasteiger charge is 2.23. The molecule has 0 bridgehead atoms. The van der Waals surface area contributed by atoms with Gasteiger partial charge in [0.2, 0.25) is 0 Å². The van der Waals surface area contributed by atoms with E-state index in [-0.39, 0.29) is 11.9 Å². The standard InChI is InChI=1S/C10H17NO2/c1-3-5-11-6-7-13-10(8-11)9(12)4-2/h4,10H,2-3,5-8H2,1H3. The fraction of sp³-hybridized carbons (Fsp3) is 0.700. The number of hydrogen-bond acceptors (Lipinski definition) is 3. The minimum atomic E-state index is -0.280. The van der Waals surface area contributed by atoms with Crippen LogP contribution in [0.5, 0.6) is 0 Å². The Morgan fingerprint density at radius 3 is 3.15 bits per heavy atom. The van der Waals surface area contributed by atoms with E-state index in [1.165, 1.54) is 6.08 Å². The first-order valence-electron chi connectivity index (χ1n) is 4.78. The van der Waals surface area contributed by atoms with Gasteiger partial charge >= 0.3 is 0 Å². The number of rotatable bonds is 4. The summed E-state index contributed by atoms with van der Waals surface area (Å²) in [5.41, 5.74) is 0. The predicted octanol–water partition coefficient (Wildman–Crippen LogP) is 0.852. The molecule has 1 fully saturated rings. The number of hydrogen-bond donors (Lipinski definition) is 0. The van der Waals surface area contributed by atoms with Crippen LogP contribution in [0.25, 0.3) is 0 Å². The van der Waals surface area contributed by atoms with Crippen LogP contribution in [0.1, 0.15) is 13.3 Å². The summed E-state index contributed by atoms with van der Waals surface area (Å²) in [6, 6.07) is 0. The van der Waals surface area contributed by atoms with E-state index >= 15 is 0 Å². The second-order valence-corrected chi connectivity index (χ2v) is 3.27. The highest BCUT2D eigenvalue weighted by Crippen LogP contribution is 2.06. The topological polar surface area (TPSA) is 29.5 Å². The molecule has 0 saturated carbocycles. The van der Waals surface area contributed by atoms with Crippen LogP contribution in [0.3, 0.4) is 0 Å². The maximum absolute atomic E-state index is 11.2. The Balaban J connectivity index is 2.41. The van der Waals surface area contributed by atoms with Gasteiger partial charge in [-0.1, -0.05) is 13.5 Å². The minimum absolute atomic E-state index is 0.000744. The van der Waals surface area contributed by atoms with Crippen molar-refractivity contribution in [3.05, 3.63) is 12.7 Å². The number of morpholine rings is 1. The highest BCUT2D eigenvalue weighted by atomic mass is 16.5. The largest absolute Gasteiger partial charge is 0.367 e. The lowest BCUT2D eigenvalue weighted by Crippen LogP contribution is -2.45. The number of nitrogens with zero attached hydrogens (tertiary/aromatic N) is 1. The minimum Gasteiger partial charge on any atom is -0.367 e. The summed E-state index contributed by atoms with van der Waals surface area (Å²) in [4.78, 5) is 13.5. The molecule has 0 aliphatic carbocycles. The third-order valence-corrected chi connectivity index (χ3v) is 2.21. The smallest absolute Gasteiger partial charge is 0.185 e. The Hall–Kier alpha value is -0.670. The van der Waals surface area contributed by atoms with E-state index in [1.54, 1.807) is 0 Å². The van der Waals surface area contributed by atoms with Crippen LogP contribution in [0.4, 0.5) is 0 Å². The molecule has 1 saturated heterocycles. The zero-order valence-electron chi connectivity index (χ0n) is 8.16. The zero-order chi connectivity index (χ0) is 9.68. The lowest BCUT2D eigenvalue weighted by molar-refractivity contribution is -0.131. The summed E-state index contributed by atoms with van der Waals surface area (Å²) in [6.45, 7) is 8.96. The maximum Gasteiger partial charge on any atom is 0.185 e. The van der Waals surface area contributed by atoms with Crippen LogP contribution in [-0.4, -0.2) is 43.0 Å². The lowest BCUT2D eigenvalue weighted by atomic mass is 10.2. The Bertz CT molecular complexity index is 189. The van der Waals surface area contributed by atoms with E-state index in [0.29, 0.717) is 6.61 Å². The quantitative estimate of drug-likeness (QED) is 0.605. The average Bonchev–Trinajstić information content (AvgIpc) is 2.18. The summed E-state index contributed by atoms with van der Waals surface area (Å²) >= 11 is 0. The average molecular weight is 183 g/mol. The van der Waals surface area contributed by atoms with Gasteiger partial charge in [-0.05, 0) is 19.0 Å². The molecule has 1 aliphatic rings. The molecule has 1 unspecified atom stereocenters. The summed E-state index contributed by atoms with van der Waals surface area (Å²) < 4.78 is 5.34. The van der Waals surface area contributed by atoms with E-state index in [2.05, 4.69) is 18.4 Å². The monoisotopic (exact) mass is 183 g/mol. The molecule has 1 rings (SSSR count). The van der Waals surface area contributed by atoms with Crippen molar-refractivity contribution in [3.8, 4) is 0 Å². The normalized spacial score (nSPS) is 24.2. The van der Waals surface area contributed by atoms with Crippen molar-refractivity contribution in [1.82, 2.24) is 4.90 Å². The molecule has 0 N–H and O–H groups in total. The third-order valence-electron chi connectivity index (χ3n) is 2.21. The first kappa shape index (κ1) is 10.4. The number of carbonyl (C=O) groups is 1. The molecule has 0 spiro atoms. The molecule has 74 valence electrons. The second-order valence-electron chi connectivity index (χ2n) is 3.27. The fourth-order valence-electron chi connectivity index (χ4n) is 1.53. The Labute approximate surface area is 79.4 Å². The van der Waals surface area contributed by atoms with Crippen molar-refractivity contribution in [2.75, 3.05) is 26.2 Å². The first-order chi connectivity index (χ1) is 6.27. The molecule has 3 heteroatoms. The number of carbonyl (C=O) groups excluding carboxylic acids is 1. The zero-order valence-corrected chi connectivity index (χ0v) is 8.16. The van der Waals surface area contributed by atoms with Crippen LogP contribution in [0, 0.1) is 0 Å². The predicted molar refractivity (Wildman–Crippen MR) is 51.7 cm³/mol. The SMILES string of the molecule is C=CC(=O)C1CN(CCC)CCO1. The molecule has 0 amide bonds. The molecule has 1 heterocycles. The van der Waals surface area contributed by atoms with Crippen LogP contribution < -0.4 is 0 Å². The second kappa shape index (κ2) is 5.14. The van der Waals surface area contributed by atoms with Crippen molar-refractivity contribution in [2.24, 2.45) is 0 Å². The van der Waals surface area contributed by atoms with Crippen molar-refractivity contribution >= 4 is 5.78 Å². The summed E-state index contributed by atoms with van der Waals surface area (Å²) in [7, 11) is 0. The van der Waals surface area contributed by atoms with Gasteiger partial charge in [0.15, 0.2) is 5.78 Å². The summed E-state index contributed by atoms with van der Waals surface area (Å²) in [5, 5.41) is 0. The van der Waals surface area contributed by atoms with Gasteiger partial charge in [0.1, 0.15) is 6.10 Å². The molecule has 0 aromatic carbocycles. The van der Waals surface area contributed by atoms with Crippen molar-refractivity contribution in [1.29, 1.82) is 0 Å². The lowest BCUT2D eigenvalue weighted by Gasteiger charge is -2.31. The van der Waals surface area contributed by atoms with Gasteiger partial charge in [-0.25, -0.2) is 0 Å². The molecule has 0 aromatic rings. The van der Waals surface area contributed by atoms with Gasteiger partial charge in [-0.2, -0.15) is 0 Å².